The summed E-state index contributed by atoms with van der Waals surface area (Å²) in [6, 6.07) is 14.1. The highest BCUT2D eigenvalue weighted by atomic mass is 32.1. The molecule has 1 heterocycles. The second-order valence-electron chi connectivity index (χ2n) is 5.16. The number of benzene rings is 2. The maximum Gasteiger partial charge on any atom is 0.124 e. The molecule has 0 unspecified atom stereocenters. The summed E-state index contributed by atoms with van der Waals surface area (Å²) in [5.41, 5.74) is 3.16. The van der Waals surface area contributed by atoms with Gasteiger partial charge in [0, 0.05) is 18.3 Å². The van der Waals surface area contributed by atoms with Crippen molar-refractivity contribution in [1.82, 2.24) is 4.98 Å². The van der Waals surface area contributed by atoms with E-state index in [0.717, 1.165) is 32.2 Å². The summed E-state index contributed by atoms with van der Waals surface area (Å²) in [5.74, 6) is 0.802. The molecule has 0 spiro atoms. The molecule has 2 N–H and O–H groups in total. The van der Waals surface area contributed by atoms with E-state index in [1.54, 1.807) is 11.3 Å². The molecule has 0 radical (unpaired) electrons. The van der Waals surface area contributed by atoms with Crippen LogP contribution in [-0.4, -0.2) is 43.6 Å². The van der Waals surface area contributed by atoms with Crippen LogP contribution in [0.1, 0.15) is 0 Å². The molecule has 0 saturated carbocycles. The molecule has 0 bridgehead atoms. The lowest BCUT2D eigenvalue weighted by Gasteiger charge is -2.06. The van der Waals surface area contributed by atoms with Gasteiger partial charge in [-0.25, -0.2) is 4.98 Å². The minimum Gasteiger partial charge on any atom is -0.491 e. The molecule has 0 atom stereocenters. The maximum absolute atomic E-state index is 8.65. The molecular formula is C18H20N2O3S. The quantitative estimate of drug-likeness (QED) is 0.613. The van der Waals surface area contributed by atoms with Crippen molar-refractivity contribution in [3.8, 4) is 16.3 Å². The molecule has 3 aromatic rings. The highest BCUT2D eigenvalue weighted by Crippen LogP contribution is 2.32. The summed E-state index contributed by atoms with van der Waals surface area (Å²) in [6.45, 7) is 1.30. The molecule has 0 amide bonds. The number of fused-ring (bicyclic) bond motifs is 1. The smallest absolute Gasteiger partial charge is 0.124 e. The fourth-order valence-electron chi connectivity index (χ4n) is 2.28. The van der Waals surface area contributed by atoms with Crippen molar-refractivity contribution in [1.29, 1.82) is 0 Å². The number of rotatable bonds is 8. The third kappa shape index (κ3) is 4.03. The maximum atomic E-state index is 8.65. The van der Waals surface area contributed by atoms with Gasteiger partial charge in [0.1, 0.15) is 17.4 Å². The van der Waals surface area contributed by atoms with E-state index in [4.69, 9.17) is 19.6 Å². The van der Waals surface area contributed by atoms with Crippen molar-refractivity contribution < 1.29 is 14.6 Å². The van der Waals surface area contributed by atoms with Crippen LogP contribution in [0.2, 0.25) is 0 Å². The Morgan fingerprint density at radius 1 is 1.08 bits per heavy atom. The minimum absolute atomic E-state index is 0.0326. The monoisotopic (exact) mass is 344 g/mol. The molecule has 6 heteroatoms. The number of nitrogens with zero attached hydrogens (tertiary/aromatic N) is 1. The zero-order valence-corrected chi connectivity index (χ0v) is 14.3. The summed E-state index contributed by atoms with van der Waals surface area (Å²) in [6.07, 6.45) is 0. The average molecular weight is 344 g/mol. The van der Waals surface area contributed by atoms with Crippen molar-refractivity contribution >= 4 is 27.2 Å². The highest BCUT2D eigenvalue weighted by Gasteiger charge is 2.07. The van der Waals surface area contributed by atoms with Gasteiger partial charge >= 0.3 is 0 Å². The Balaban J connectivity index is 1.71. The van der Waals surface area contributed by atoms with Gasteiger partial charge in [-0.15, -0.1) is 11.3 Å². The van der Waals surface area contributed by atoms with Gasteiger partial charge < -0.3 is 19.9 Å². The standard InChI is InChI=1S/C18H20N2O3S/c1-19-14-4-2-13(3-5-14)18-20-16-7-6-15(12-17(16)24-18)23-11-10-22-9-8-21/h2-7,12,19,21H,8-11H2,1H3. The molecule has 5 nitrogen and oxygen atoms in total. The SMILES string of the molecule is CNc1ccc(-c2nc3ccc(OCCOCCO)cc3s2)cc1. The van der Waals surface area contributed by atoms with Crippen molar-refractivity contribution in [3.05, 3.63) is 42.5 Å². The van der Waals surface area contributed by atoms with E-state index in [0.29, 0.717) is 19.8 Å². The van der Waals surface area contributed by atoms with Crippen LogP contribution in [0, 0.1) is 0 Å². The van der Waals surface area contributed by atoms with E-state index >= 15 is 0 Å². The summed E-state index contributed by atoms with van der Waals surface area (Å²) < 4.78 is 11.9. The molecule has 0 aliphatic heterocycles. The van der Waals surface area contributed by atoms with Gasteiger partial charge in [0.2, 0.25) is 0 Å². The Hall–Kier alpha value is -2.15. The second-order valence-corrected chi connectivity index (χ2v) is 6.19. The lowest BCUT2D eigenvalue weighted by atomic mass is 10.2. The Morgan fingerprint density at radius 2 is 1.92 bits per heavy atom. The van der Waals surface area contributed by atoms with Gasteiger partial charge in [-0.1, -0.05) is 0 Å². The second kappa shape index (κ2) is 8.10. The predicted octanol–water partition coefficient (Wildman–Crippen LogP) is 3.39. The van der Waals surface area contributed by atoms with E-state index in [9.17, 15) is 0 Å². The lowest BCUT2D eigenvalue weighted by Crippen LogP contribution is -2.08. The predicted molar refractivity (Wildman–Crippen MR) is 98.0 cm³/mol. The Labute approximate surface area is 144 Å². The van der Waals surface area contributed by atoms with Crippen LogP contribution in [0.4, 0.5) is 5.69 Å². The zero-order valence-electron chi connectivity index (χ0n) is 13.5. The van der Waals surface area contributed by atoms with E-state index in [1.807, 2.05) is 37.4 Å². The number of aliphatic hydroxyl groups excluding tert-OH is 1. The molecule has 126 valence electrons. The fourth-order valence-corrected chi connectivity index (χ4v) is 3.28. The Bertz CT molecular complexity index is 787. The molecule has 0 aliphatic rings. The Kier molecular flexibility index (Phi) is 5.63. The van der Waals surface area contributed by atoms with E-state index in [2.05, 4.69) is 17.4 Å². The highest BCUT2D eigenvalue weighted by molar-refractivity contribution is 7.21. The number of hydrogen-bond donors (Lipinski definition) is 2. The summed E-state index contributed by atoms with van der Waals surface area (Å²) in [7, 11) is 1.91. The number of thiazole rings is 1. The summed E-state index contributed by atoms with van der Waals surface area (Å²) in [5, 5.41) is 12.8. The average Bonchev–Trinajstić information content (AvgIpc) is 3.05. The van der Waals surface area contributed by atoms with Gasteiger partial charge in [-0.05, 0) is 42.5 Å². The van der Waals surface area contributed by atoms with Gasteiger partial charge in [0.05, 0.1) is 30.0 Å². The third-order valence-electron chi connectivity index (χ3n) is 3.51. The van der Waals surface area contributed by atoms with Crippen LogP contribution in [0.25, 0.3) is 20.8 Å². The van der Waals surface area contributed by atoms with Crippen molar-refractivity contribution in [2.75, 3.05) is 38.8 Å². The molecule has 0 fully saturated rings. The normalized spacial score (nSPS) is 10.9. The molecule has 1 aromatic heterocycles. The van der Waals surface area contributed by atoms with Crippen LogP contribution in [0.3, 0.4) is 0 Å². The van der Waals surface area contributed by atoms with Gasteiger partial charge in [0.25, 0.3) is 0 Å². The number of hydrogen-bond acceptors (Lipinski definition) is 6. The molecule has 24 heavy (non-hydrogen) atoms. The van der Waals surface area contributed by atoms with Crippen molar-refractivity contribution in [2.24, 2.45) is 0 Å². The van der Waals surface area contributed by atoms with Crippen LogP contribution in [-0.2, 0) is 4.74 Å². The van der Waals surface area contributed by atoms with Crippen LogP contribution in [0.15, 0.2) is 42.5 Å². The number of anilines is 1. The number of aromatic nitrogens is 1. The van der Waals surface area contributed by atoms with Crippen LogP contribution in [0.5, 0.6) is 5.75 Å². The van der Waals surface area contributed by atoms with Gasteiger partial charge in [-0.2, -0.15) is 0 Å². The first-order chi connectivity index (χ1) is 11.8. The van der Waals surface area contributed by atoms with Crippen molar-refractivity contribution in [2.45, 2.75) is 0 Å². The van der Waals surface area contributed by atoms with E-state index in [-0.39, 0.29) is 6.61 Å². The lowest BCUT2D eigenvalue weighted by molar-refractivity contribution is 0.0705. The number of ether oxygens (including phenoxy) is 2. The topological polar surface area (TPSA) is 63.6 Å². The zero-order chi connectivity index (χ0) is 16.8. The van der Waals surface area contributed by atoms with Gasteiger partial charge in [0.15, 0.2) is 0 Å². The number of nitrogens with one attached hydrogen (secondary N) is 1. The Morgan fingerprint density at radius 3 is 2.67 bits per heavy atom. The van der Waals surface area contributed by atoms with Crippen molar-refractivity contribution in [3.63, 3.8) is 0 Å². The first-order valence-electron chi connectivity index (χ1n) is 7.80. The molecule has 3 rings (SSSR count). The number of aliphatic hydroxyl groups is 1. The van der Waals surface area contributed by atoms with E-state index < -0.39 is 0 Å². The first kappa shape index (κ1) is 16.7. The van der Waals surface area contributed by atoms with Crippen LogP contribution >= 0.6 is 11.3 Å². The van der Waals surface area contributed by atoms with E-state index in [1.165, 1.54) is 0 Å². The van der Waals surface area contributed by atoms with Crippen LogP contribution < -0.4 is 10.1 Å². The minimum atomic E-state index is 0.0326. The largest absolute Gasteiger partial charge is 0.491 e. The first-order valence-corrected chi connectivity index (χ1v) is 8.62. The fraction of sp³-hybridized carbons (Fsp3) is 0.278. The molecular weight excluding hydrogens is 324 g/mol. The third-order valence-corrected chi connectivity index (χ3v) is 4.58. The summed E-state index contributed by atoms with van der Waals surface area (Å²) >= 11 is 1.65. The molecule has 0 saturated heterocycles. The molecule has 0 aliphatic carbocycles. The molecule has 2 aromatic carbocycles. The van der Waals surface area contributed by atoms with Gasteiger partial charge in [-0.3, -0.25) is 0 Å². The summed E-state index contributed by atoms with van der Waals surface area (Å²) in [4.78, 5) is 4.69.